The zero-order chi connectivity index (χ0) is 22.7. The van der Waals surface area contributed by atoms with Crippen LogP contribution in [0, 0.1) is 0 Å². The first-order valence-electron chi connectivity index (χ1n) is 10.2. The van der Waals surface area contributed by atoms with E-state index in [-0.39, 0.29) is 37.0 Å². The maximum Gasteiger partial charge on any atom is 0.253 e. The van der Waals surface area contributed by atoms with Crippen LogP contribution in [-0.4, -0.2) is 77.0 Å². The number of benzene rings is 2. The van der Waals surface area contributed by atoms with E-state index in [1.54, 1.807) is 38.4 Å². The quantitative estimate of drug-likeness (QED) is 0.526. The molecule has 31 heavy (non-hydrogen) atoms. The first-order chi connectivity index (χ1) is 14.8. The molecular formula is C23H29NO7. The minimum atomic E-state index is -0.772. The fourth-order valence-electron chi connectivity index (χ4n) is 3.94. The van der Waals surface area contributed by atoms with Crippen LogP contribution in [-0.2, 0) is 22.3 Å². The Kier molecular flexibility index (Phi) is 7.17. The minimum Gasteiger partial charge on any atom is -0.508 e. The van der Waals surface area contributed by atoms with Gasteiger partial charge in [0.25, 0.3) is 5.91 Å². The summed E-state index contributed by atoms with van der Waals surface area (Å²) in [6.45, 7) is 1.29. The number of amides is 1. The topological polar surface area (TPSA) is 120 Å². The van der Waals surface area contributed by atoms with E-state index in [9.17, 15) is 25.2 Å². The second-order valence-corrected chi connectivity index (χ2v) is 7.73. The van der Waals surface area contributed by atoms with Crippen molar-refractivity contribution in [1.82, 2.24) is 4.90 Å². The van der Waals surface area contributed by atoms with Gasteiger partial charge in [-0.2, -0.15) is 0 Å². The number of carbonyl (C=O) groups is 1. The number of rotatable bonds is 7. The first kappa shape index (κ1) is 23.0. The highest BCUT2D eigenvalue weighted by molar-refractivity contribution is 5.95. The highest BCUT2D eigenvalue weighted by Crippen LogP contribution is 2.41. The number of hydrogen-bond donors (Lipinski definition) is 4. The monoisotopic (exact) mass is 431 g/mol. The van der Waals surface area contributed by atoms with E-state index in [0.717, 1.165) is 0 Å². The van der Waals surface area contributed by atoms with Crippen molar-refractivity contribution in [3.05, 3.63) is 47.0 Å². The van der Waals surface area contributed by atoms with E-state index in [0.29, 0.717) is 34.2 Å². The summed E-state index contributed by atoms with van der Waals surface area (Å²) in [6.07, 6.45) is -1.42. The highest BCUT2D eigenvalue weighted by Gasteiger charge is 2.36. The van der Waals surface area contributed by atoms with Crippen LogP contribution in [0.1, 0.15) is 28.4 Å². The Bertz CT molecular complexity index is 932. The molecular weight excluding hydrogens is 402 g/mol. The van der Waals surface area contributed by atoms with Crippen LogP contribution in [0.15, 0.2) is 30.3 Å². The average Bonchev–Trinajstić information content (AvgIpc) is 3.15. The Balaban J connectivity index is 2.08. The lowest BCUT2D eigenvalue weighted by Crippen LogP contribution is -2.29. The van der Waals surface area contributed by atoms with Gasteiger partial charge in [0.15, 0.2) is 6.29 Å². The number of carbonyl (C=O) groups excluding carboxylic acids is 1. The third kappa shape index (κ3) is 4.67. The zero-order valence-corrected chi connectivity index (χ0v) is 17.9. The summed E-state index contributed by atoms with van der Waals surface area (Å²) < 4.78 is 11.5. The number of hydrogen-bond acceptors (Lipinski definition) is 7. The van der Waals surface area contributed by atoms with Gasteiger partial charge in [0, 0.05) is 37.7 Å². The van der Waals surface area contributed by atoms with Crippen LogP contribution in [0.4, 0.5) is 0 Å². The van der Waals surface area contributed by atoms with Gasteiger partial charge in [-0.1, -0.05) is 19.1 Å². The molecule has 0 saturated carbocycles. The maximum atomic E-state index is 12.4. The number of ether oxygens (including phenoxy) is 2. The molecule has 1 fully saturated rings. The van der Waals surface area contributed by atoms with E-state index in [1.165, 1.54) is 11.0 Å². The number of phenolic OH excluding ortho intramolecular Hbond substituents is 2. The average molecular weight is 431 g/mol. The van der Waals surface area contributed by atoms with Crippen LogP contribution >= 0.6 is 0 Å². The number of aromatic hydroxyl groups is 2. The molecule has 0 bridgehead atoms. The summed E-state index contributed by atoms with van der Waals surface area (Å²) >= 11 is 0. The lowest BCUT2D eigenvalue weighted by atomic mass is 9.89. The van der Waals surface area contributed by atoms with E-state index in [4.69, 9.17) is 9.47 Å². The molecule has 1 amide bonds. The van der Waals surface area contributed by atoms with Gasteiger partial charge in [0.1, 0.15) is 23.7 Å². The van der Waals surface area contributed by atoms with Crippen LogP contribution in [0.2, 0.25) is 0 Å². The molecule has 2 atom stereocenters. The molecule has 1 heterocycles. The number of phenols is 2. The molecule has 2 aromatic carbocycles. The molecule has 8 heteroatoms. The molecule has 1 saturated heterocycles. The van der Waals surface area contributed by atoms with Crippen LogP contribution in [0.25, 0.3) is 11.1 Å². The summed E-state index contributed by atoms with van der Waals surface area (Å²) in [6, 6.07) is 8.21. The second kappa shape index (κ2) is 9.65. The summed E-state index contributed by atoms with van der Waals surface area (Å²) in [4.78, 5) is 13.9. The summed E-state index contributed by atoms with van der Waals surface area (Å²) in [7, 11) is 3.33. The SMILES string of the molecule is CCc1c(O)cc(O)c(-c2cccc(C(=O)N(C)C)c2)c1CC1O[C@@H](CO)[C@H](CO)O1. The standard InChI is InChI=1S/C23H29NO7/c1-4-15-16(9-21-30-19(11-25)20(12-26)31-21)22(18(28)10-17(15)27)13-6-5-7-14(8-13)23(29)24(2)3/h5-8,10,19-21,25-28H,4,9,11-12H2,1-3H3/t19-,20-/m0/s1. The fraction of sp³-hybridized carbons (Fsp3) is 0.435. The molecule has 1 aliphatic heterocycles. The molecule has 1 aliphatic rings. The number of aliphatic hydroxyl groups is 2. The van der Waals surface area contributed by atoms with Crippen molar-refractivity contribution in [2.75, 3.05) is 27.3 Å². The lowest BCUT2D eigenvalue weighted by molar-refractivity contribution is -0.0725. The van der Waals surface area contributed by atoms with Crippen molar-refractivity contribution in [3.63, 3.8) is 0 Å². The third-order valence-electron chi connectivity index (χ3n) is 5.46. The van der Waals surface area contributed by atoms with Gasteiger partial charge in [-0.3, -0.25) is 4.79 Å². The fourth-order valence-corrected chi connectivity index (χ4v) is 3.94. The highest BCUT2D eigenvalue weighted by atomic mass is 16.7. The van der Waals surface area contributed by atoms with Gasteiger partial charge in [-0.25, -0.2) is 0 Å². The lowest BCUT2D eigenvalue weighted by Gasteiger charge is -2.20. The first-order valence-corrected chi connectivity index (χ1v) is 10.2. The van der Waals surface area contributed by atoms with Gasteiger partial charge in [0.2, 0.25) is 0 Å². The van der Waals surface area contributed by atoms with Gasteiger partial charge in [0.05, 0.1) is 13.2 Å². The molecule has 8 nitrogen and oxygen atoms in total. The third-order valence-corrected chi connectivity index (χ3v) is 5.46. The summed E-state index contributed by atoms with van der Waals surface area (Å²) in [5.74, 6) is -0.347. The predicted octanol–water partition coefficient (Wildman–Crippen LogP) is 1.67. The molecule has 0 aromatic heterocycles. The minimum absolute atomic E-state index is 0.0466. The van der Waals surface area contributed by atoms with Crippen molar-refractivity contribution in [3.8, 4) is 22.6 Å². The molecule has 168 valence electrons. The van der Waals surface area contributed by atoms with Crippen molar-refractivity contribution in [2.45, 2.75) is 38.3 Å². The molecule has 0 spiro atoms. The molecule has 3 rings (SSSR count). The molecule has 0 aliphatic carbocycles. The molecule has 0 radical (unpaired) electrons. The van der Waals surface area contributed by atoms with Gasteiger partial charge >= 0.3 is 0 Å². The van der Waals surface area contributed by atoms with Crippen molar-refractivity contribution < 1.29 is 34.7 Å². The maximum absolute atomic E-state index is 12.4. The van der Waals surface area contributed by atoms with Crippen molar-refractivity contribution in [2.24, 2.45) is 0 Å². The Morgan fingerprint density at radius 1 is 1.00 bits per heavy atom. The molecule has 2 aromatic rings. The van der Waals surface area contributed by atoms with Gasteiger partial charge < -0.3 is 34.8 Å². The van der Waals surface area contributed by atoms with Crippen molar-refractivity contribution >= 4 is 5.91 Å². The molecule has 4 N–H and O–H groups in total. The van der Waals surface area contributed by atoms with E-state index in [2.05, 4.69) is 0 Å². The van der Waals surface area contributed by atoms with E-state index < -0.39 is 18.5 Å². The Morgan fingerprint density at radius 3 is 2.19 bits per heavy atom. The van der Waals surface area contributed by atoms with E-state index in [1.807, 2.05) is 6.92 Å². The van der Waals surface area contributed by atoms with Crippen LogP contribution in [0.3, 0.4) is 0 Å². The second-order valence-electron chi connectivity index (χ2n) is 7.73. The Hall–Kier alpha value is -2.65. The van der Waals surface area contributed by atoms with Gasteiger partial charge in [-0.05, 0) is 35.2 Å². The molecule has 0 unspecified atom stereocenters. The number of aliphatic hydroxyl groups excluding tert-OH is 2. The Labute approximate surface area is 181 Å². The number of nitrogens with zero attached hydrogens (tertiary/aromatic N) is 1. The Morgan fingerprint density at radius 2 is 1.65 bits per heavy atom. The summed E-state index contributed by atoms with van der Waals surface area (Å²) in [5.41, 5.74) is 2.80. The van der Waals surface area contributed by atoms with Crippen molar-refractivity contribution in [1.29, 1.82) is 0 Å². The van der Waals surface area contributed by atoms with Crippen LogP contribution in [0.5, 0.6) is 11.5 Å². The summed E-state index contributed by atoms with van der Waals surface area (Å²) in [5, 5.41) is 40.1. The van der Waals surface area contributed by atoms with Crippen LogP contribution < -0.4 is 0 Å². The smallest absolute Gasteiger partial charge is 0.253 e. The largest absolute Gasteiger partial charge is 0.508 e. The van der Waals surface area contributed by atoms with Gasteiger partial charge in [-0.15, -0.1) is 0 Å². The zero-order valence-electron chi connectivity index (χ0n) is 17.9. The normalized spacial score (nSPS) is 19.0. The van der Waals surface area contributed by atoms with E-state index >= 15 is 0 Å². The predicted molar refractivity (Wildman–Crippen MR) is 114 cm³/mol.